The number of rotatable bonds is 12. The molecular weight excluding hydrogens is 386 g/mol. The molecule has 0 aromatic heterocycles. The summed E-state index contributed by atoms with van der Waals surface area (Å²) in [6.07, 6.45) is 2.01. The highest BCUT2D eigenvalue weighted by atomic mass is 16.5. The van der Waals surface area contributed by atoms with Gasteiger partial charge in [-0.2, -0.15) is 0 Å². The van der Waals surface area contributed by atoms with E-state index in [0.717, 1.165) is 12.8 Å². The van der Waals surface area contributed by atoms with Gasteiger partial charge in [-0.15, -0.1) is 0 Å². The van der Waals surface area contributed by atoms with Gasteiger partial charge in [0.05, 0.1) is 13.2 Å². The Morgan fingerprint density at radius 2 is 1.43 bits per heavy atom. The van der Waals surface area contributed by atoms with Gasteiger partial charge in [-0.1, -0.05) is 13.3 Å². The largest absolute Gasteiger partial charge is 0.494 e. The molecule has 1 amide bonds. The predicted octanol–water partition coefficient (Wildman–Crippen LogP) is 3.42. The van der Waals surface area contributed by atoms with Crippen LogP contribution in [0.5, 0.6) is 11.5 Å². The van der Waals surface area contributed by atoms with Crippen LogP contribution < -0.4 is 14.8 Å². The maximum Gasteiger partial charge on any atom is 0.325 e. The standard InChI is InChI=1S/C23H27NO6/c1-3-5-14-29-20-12-8-18(9-13-20)23(27)24-15-22(26)30-16-21(25)17-6-10-19(11-7-17)28-4-2/h6-13H,3-5,14-16H2,1-2H3,(H,24,27). The van der Waals surface area contributed by atoms with Crippen molar-refractivity contribution >= 4 is 17.7 Å². The number of carbonyl (C=O) groups excluding carboxylic acids is 3. The number of unbranched alkanes of at least 4 members (excludes halogenated alkanes) is 1. The fourth-order valence-corrected chi connectivity index (χ4v) is 2.48. The molecule has 0 radical (unpaired) electrons. The van der Waals surface area contributed by atoms with Gasteiger partial charge >= 0.3 is 5.97 Å². The summed E-state index contributed by atoms with van der Waals surface area (Å²) in [4.78, 5) is 36.0. The molecule has 0 fully saturated rings. The van der Waals surface area contributed by atoms with Gasteiger partial charge < -0.3 is 19.5 Å². The summed E-state index contributed by atoms with van der Waals surface area (Å²) in [7, 11) is 0. The van der Waals surface area contributed by atoms with Gasteiger partial charge in [-0.3, -0.25) is 14.4 Å². The molecule has 2 rings (SSSR count). The van der Waals surface area contributed by atoms with Crippen LogP contribution in [0.2, 0.25) is 0 Å². The first-order valence-corrected chi connectivity index (χ1v) is 9.96. The fourth-order valence-electron chi connectivity index (χ4n) is 2.48. The summed E-state index contributed by atoms with van der Waals surface area (Å²) in [5, 5.41) is 2.47. The van der Waals surface area contributed by atoms with Gasteiger partial charge in [-0.05, 0) is 61.9 Å². The van der Waals surface area contributed by atoms with Crippen molar-refractivity contribution in [2.24, 2.45) is 0 Å². The summed E-state index contributed by atoms with van der Waals surface area (Å²) in [5.74, 6) is -0.0926. The molecule has 0 spiro atoms. The SMILES string of the molecule is CCCCOc1ccc(C(=O)NCC(=O)OCC(=O)c2ccc(OCC)cc2)cc1. The van der Waals surface area contributed by atoms with E-state index in [9.17, 15) is 14.4 Å². The van der Waals surface area contributed by atoms with Gasteiger partial charge in [0.25, 0.3) is 5.91 Å². The average molecular weight is 413 g/mol. The average Bonchev–Trinajstić information content (AvgIpc) is 2.77. The maximum absolute atomic E-state index is 12.1. The van der Waals surface area contributed by atoms with Gasteiger partial charge in [0.2, 0.25) is 0 Å². The van der Waals surface area contributed by atoms with E-state index in [1.54, 1.807) is 48.5 Å². The molecular formula is C23H27NO6. The molecule has 160 valence electrons. The second-order valence-corrected chi connectivity index (χ2v) is 6.45. The number of hydrogen-bond acceptors (Lipinski definition) is 6. The molecule has 0 unspecified atom stereocenters. The van der Waals surface area contributed by atoms with Crippen molar-refractivity contribution in [2.75, 3.05) is 26.4 Å². The number of amides is 1. The molecule has 0 heterocycles. The quantitative estimate of drug-likeness (QED) is 0.326. The van der Waals surface area contributed by atoms with Crippen molar-refractivity contribution in [2.45, 2.75) is 26.7 Å². The summed E-state index contributed by atoms with van der Waals surface area (Å²) in [5.41, 5.74) is 0.813. The zero-order valence-electron chi connectivity index (χ0n) is 17.3. The molecule has 2 aromatic carbocycles. The van der Waals surface area contributed by atoms with Gasteiger partial charge in [0, 0.05) is 11.1 Å². The van der Waals surface area contributed by atoms with Crippen molar-refractivity contribution in [3.8, 4) is 11.5 Å². The first-order chi connectivity index (χ1) is 14.5. The third-order valence-corrected chi connectivity index (χ3v) is 4.13. The molecule has 2 aromatic rings. The van der Waals surface area contributed by atoms with E-state index in [1.807, 2.05) is 6.92 Å². The van der Waals surface area contributed by atoms with E-state index in [-0.39, 0.29) is 12.3 Å². The number of carbonyl (C=O) groups is 3. The highest BCUT2D eigenvalue weighted by Crippen LogP contribution is 2.13. The third-order valence-electron chi connectivity index (χ3n) is 4.13. The smallest absolute Gasteiger partial charge is 0.325 e. The van der Waals surface area contributed by atoms with Crippen molar-refractivity contribution < 1.29 is 28.6 Å². The Morgan fingerprint density at radius 1 is 0.833 bits per heavy atom. The summed E-state index contributed by atoms with van der Waals surface area (Å²) in [6, 6.07) is 13.2. The Hall–Kier alpha value is -3.35. The molecule has 0 aliphatic heterocycles. The Kier molecular flexibility index (Phi) is 9.37. The van der Waals surface area contributed by atoms with Gasteiger partial charge in [-0.25, -0.2) is 0 Å². The lowest BCUT2D eigenvalue weighted by Gasteiger charge is -2.08. The minimum atomic E-state index is -0.692. The molecule has 0 saturated heterocycles. The number of esters is 1. The molecule has 0 atom stereocenters. The number of ketones is 1. The molecule has 1 N–H and O–H groups in total. The highest BCUT2D eigenvalue weighted by Gasteiger charge is 2.12. The minimum Gasteiger partial charge on any atom is -0.494 e. The van der Waals surface area contributed by atoms with Crippen molar-refractivity contribution in [1.82, 2.24) is 5.32 Å². The van der Waals surface area contributed by atoms with Crippen molar-refractivity contribution in [3.63, 3.8) is 0 Å². The third kappa shape index (κ3) is 7.58. The maximum atomic E-state index is 12.1. The zero-order valence-corrected chi connectivity index (χ0v) is 17.3. The molecule has 0 aliphatic rings. The van der Waals surface area contributed by atoms with E-state index < -0.39 is 18.5 Å². The molecule has 7 heteroatoms. The summed E-state index contributed by atoms with van der Waals surface area (Å²) >= 11 is 0. The number of Topliss-reactive ketones (excluding diaryl/α,β-unsaturated/α-hetero) is 1. The topological polar surface area (TPSA) is 90.9 Å². The van der Waals surface area contributed by atoms with Crippen LogP contribution in [0, 0.1) is 0 Å². The second-order valence-electron chi connectivity index (χ2n) is 6.45. The molecule has 0 saturated carbocycles. The molecule has 0 aliphatic carbocycles. The fraction of sp³-hybridized carbons (Fsp3) is 0.348. The van der Waals surface area contributed by atoms with Crippen LogP contribution in [-0.2, 0) is 9.53 Å². The van der Waals surface area contributed by atoms with Crippen LogP contribution in [-0.4, -0.2) is 44.0 Å². The van der Waals surface area contributed by atoms with E-state index in [1.165, 1.54) is 0 Å². The van der Waals surface area contributed by atoms with Crippen LogP contribution in [0.25, 0.3) is 0 Å². The molecule has 0 bridgehead atoms. The Balaban J connectivity index is 1.73. The number of benzene rings is 2. The van der Waals surface area contributed by atoms with Crippen LogP contribution in [0.3, 0.4) is 0 Å². The normalized spacial score (nSPS) is 10.2. The lowest BCUT2D eigenvalue weighted by Crippen LogP contribution is -2.31. The van der Waals surface area contributed by atoms with E-state index >= 15 is 0 Å². The first kappa shape index (κ1) is 22.9. The number of ether oxygens (including phenoxy) is 3. The van der Waals surface area contributed by atoms with Crippen LogP contribution in [0.1, 0.15) is 47.4 Å². The Labute approximate surface area is 176 Å². The van der Waals surface area contributed by atoms with Crippen molar-refractivity contribution in [3.05, 3.63) is 59.7 Å². The lowest BCUT2D eigenvalue weighted by atomic mass is 10.1. The van der Waals surface area contributed by atoms with E-state index in [2.05, 4.69) is 12.2 Å². The lowest BCUT2D eigenvalue weighted by molar-refractivity contribution is -0.141. The Morgan fingerprint density at radius 3 is 2.03 bits per heavy atom. The van der Waals surface area contributed by atoms with Crippen LogP contribution in [0.4, 0.5) is 0 Å². The van der Waals surface area contributed by atoms with E-state index in [4.69, 9.17) is 14.2 Å². The minimum absolute atomic E-state index is 0.329. The second kappa shape index (κ2) is 12.3. The van der Waals surface area contributed by atoms with E-state index in [0.29, 0.717) is 35.8 Å². The summed E-state index contributed by atoms with van der Waals surface area (Å²) in [6.45, 7) is 4.39. The zero-order chi connectivity index (χ0) is 21.8. The molecule has 7 nitrogen and oxygen atoms in total. The van der Waals surface area contributed by atoms with Gasteiger partial charge in [0.15, 0.2) is 12.4 Å². The molecule has 30 heavy (non-hydrogen) atoms. The predicted molar refractivity (Wildman–Crippen MR) is 112 cm³/mol. The van der Waals surface area contributed by atoms with Gasteiger partial charge in [0.1, 0.15) is 18.0 Å². The highest BCUT2D eigenvalue weighted by molar-refractivity contribution is 5.99. The Bertz CT molecular complexity index is 830. The van der Waals surface area contributed by atoms with Crippen LogP contribution >= 0.6 is 0 Å². The summed E-state index contributed by atoms with van der Waals surface area (Å²) < 4.78 is 15.8. The van der Waals surface area contributed by atoms with Crippen LogP contribution in [0.15, 0.2) is 48.5 Å². The van der Waals surface area contributed by atoms with Crippen molar-refractivity contribution in [1.29, 1.82) is 0 Å². The number of nitrogens with one attached hydrogen (secondary N) is 1. The monoisotopic (exact) mass is 413 g/mol. The number of hydrogen-bond donors (Lipinski definition) is 1. The first-order valence-electron chi connectivity index (χ1n) is 9.96.